The minimum atomic E-state index is 0.363. The summed E-state index contributed by atoms with van der Waals surface area (Å²) < 4.78 is 0. The van der Waals surface area contributed by atoms with Crippen LogP contribution in [-0.4, -0.2) is 4.98 Å². The summed E-state index contributed by atoms with van der Waals surface area (Å²) in [5.74, 6) is 0. The predicted octanol–water partition coefficient (Wildman–Crippen LogP) is 3.80. The summed E-state index contributed by atoms with van der Waals surface area (Å²) in [6.07, 6.45) is 4.16. The summed E-state index contributed by atoms with van der Waals surface area (Å²) in [6, 6.07) is 11.0. The molecule has 0 saturated heterocycles. The van der Waals surface area contributed by atoms with Gasteiger partial charge in [0.2, 0.25) is 0 Å². The molecule has 0 aliphatic heterocycles. The molecule has 1 aromatic carbocycles. The molecule has 0 saturated carbocycles. The molecule has 1 aliphatic carbocycles. The van der Waals surface area contributed by atoms with Crippen molar-refractivity contribution in [3.05, 3.63) is 58.9 Å². The number of fused-ring (bicyclic) bond motifs is 1. The van der Waals surface area contributed by atoms with Gasteiger partial charge in [-0.05, 0) is 55.5 Å². The van der Waals surface area contributed by atoms with Gasteiger partial charge < -0.3 is 5.32 Å². The second-order valence-corrected chi connectivity index (χ2v) is 5.03. The number of hydrogen-bond donors (Lipinski definition) is 1. The van der Waals surface area contributed by atoms with Gasteiger partial charge in [0.15, 0.2) is 0 Å². The number of nitrogens with zero attached hydrogens (tertiary/aromatic N) is 1. The van der Waals surface area contributed by atoms with Crippen molar-refractivity contribution in [3.8, 4) is 0 Å². The first kappa shape index (κ1) is 11.3. The quantitative estimate of drug-likeness (QED) is 0.860. The molecule has 0 amide bonds. The van der Waals surface area contributed by atoms with Crippen molar-refractivity contribution in [2.75, 3.05) is 5.32 Å². The average Bonchev–Trinajstić information content (AvgIpc) is 2.79. The third-order valence-corrected chi connectivity index (χ3v) is 3.89. The van der Waals surface area contributed by atoms with E-state index >= 15 is 0 Å². The third kappa shape index (κ3) is 1.88. The van der Waals surface area contributed by atoms with Gasteiger partial charge in [-0.3, -0.25) is 4.98 Å². The zero-order valence-corrected chi connectivity index (χ0v) is 10.9. The predicted molar refractivity (Wildman–Crippen MR) is 74.8 cm³/mol. The van der Waals surface area contributed by atoms with Crippen molar-refractivity contribution < 1.29 is 0 Å². The monoisotopic (exact) mass is 238 g/mol. The van der Waals surface area contributed by atoms with Crippen molar-refractivity contribution in [1.29, 1.82) is 0 Å². The van der Waals surface area contributed by atoms with Gasteiger partial charge in [0, 0.05) is 11.9 Å². The molecule has 1 N–H and O–H groups in total. The van der Waals surface area contributed by atoms with E-state index in [0.717, 1.165) is 12.8 Å². The molecule has 92 valence electrons. The Morgan fingerprint density at radius 2 is 2.06 bits per heavy atom. The molecule has 18 heavy (non-hydrogen) atoms. The smallest absolute Gasteiger partial charge is 0.0691 e. The summed E-state index contributed by atoms with van der Waals surface area (Å²) in [7, 11) is 0. The Morgan fingerprint density at radius 3 is 2.94 bits per heavy atom. The Labute approximate surface area is 108 Å². The number of pyridine rings is 1. The van der Waals surface area contributed by atoms with Crippen LogP contribution in [0.2, 0.25) is 0 Å². The van der Waals surface area contributed by atoms with Crippen molar-refractivity contribution in [2.24, 2.45) is 0 Å². The largest absolute Gasteiger partial charge is 0.376 e. The van der Waals surface area contributed by atoms with Crippen molar-refractivity contribution in [1.82, 2.24) is 4.98 Å². The molecule has 2 aromatic rings. The van der Waals surface area contributed by atoms with E-state index in [1.807, 2.05) is 12.3 Å². The number of aromatic nitrogens is 1. The van der Waals surface area contributed by atoms with Crippen LogP contribution in [0.3, 0.4) is 0 Å². The number of benzene rings is 1. The third-order valence-electron chi connectivity index (χ3n) is 3.89. The molecule has 1 aliphatic rings. The van der Waals surface area contributed by atoms with Crippen molar-refractivity contribution in [3.63, 3.8) is 0 Å². The molecule has 2 nitrogen and oxygen atoms in total. The normalized spacial score (nSPS) is 17.6. The van der Waals surface area contributed by atoms with Crippen LogP contribution >= 0.6 is 0 Å². The van der Waals surface area contributed by atoms with Gasteiger partial charge in [-0.1, -0.05) is 18.2 Å². The van der Waals surface area contributed by atoms with Crippen LogP contribution in [0.1, 0.15) is 34.8 Å². The van der Waals surface area contributed by atoms with Gasteiger partial charge in [0.05, 0.1) is 11.7 Å². The van der Waals surface area contributed by atoms with E-state index in [9.17, 15) is 0 Å². The van der Waals surface area contributed by atoms with Gasteiger partial charge in [0.25, 0.3) is 0 Å². The van der Waals surface area contributed by atoms with Crippen LogP contribution in [0.4, 0.5) is 5.69 Å². The first-order valence-electron chi connectivity index (χ1n) is 6.52. The molecule has 1 unspecified atom stereocenters. The van der Waals surface area contributed by atoms with Gasteiger partial charge in [-0.2, -0.15) is 0 Å². The highest BCUT2D eigenvalue weighted by Gasteiger charge is 2.23. The average molecular weight is 238 g/mol. The summed E-state index contributed by atoms with van der Waals surface area (Å²) in [4.78, 5) is 4.53. The Kier molecular flexibility index (Phi) is 2.78. The number of anilines is 1. The summed E-state index contributed by atoms with van der Waals surface area (Å²) in [5.41, 5.74) is 6.51. The maximum absolute atomic E-state index is 4.53. The molecule has 3 rings (SSSR count). The minimum absolute atomic E-state index is 0.363. The van der Waals surface area contributed by atoms with Crippen LogP contribution in [0, 0.1) is 13.8 Å². The van der Waals surface area contributed by atoms with Crippen molar-refractivity contribution >= 4 is 5.69 Å². The van der Waals surface area contributed by atoms with Gasteiger partial charge in [0.1, 0.15) is 0 Å². The van der Waals surface area contributed by atoms with Crippen molar-refractivity contribution in [2.45, 2.75) is 32.7 Å². The number of rotatable bonds is 2. The fourth-order valence-corrected chi connectivity index (χ4v) is 2.65. The molecular formula is C16H18N2. The Hall–Kier alpha value is -1.83. The molecule has 0 spiro atoms. The van der Waals surface area contributed by atoms with Crippen LogP contribution in [-0.2, 0) is 6.42 Å². The van der Waals surface area contributed by atoms with Crippen LogP contribution in [0.25, 0.3) is 0 Å². The fraction of sp³-hybridized carbons (Fsp3) is 0.312. The highest BCUT2D eigenvalue weighted by molar-refractivity contribution is 5.55. The zero-order valence-electron chi connectivity index (χ0n) is 10.9. The maximum Gasteiger partial charge on any atom is 0.0691 e. The van der Waals surface area contributed by atoms with Crippen LogP contribution in [0.5, 0.6) is 0 Å². The lowest BCUT2D eigenvalue weighted by molar-refractivity contribution is 0.745. The molecule has 0 fully saturated rings. The Balaban J connectivity index is 1.89. The second-order valence-electron chi connectivity index (χ2n) is 5.03. The fourth-order valence-electron chi connectivity index (χ4n) is 2.65. The molecular weight excluding hydrogens is 220 g/mol. The molecule has 1 atom stereocenters. The highest BCUT2D eigenvalue weighted by Crippen LogP contribution is 2.33. The zero-order chi connectivity index (χ0) is 12.5. The lowest BCUT2D eigenvalue weighted by atomic mass is 10.1. The second kappa shape index (κ2) is 4.45. The summed E-state index contributed by atoms with van der Waals surface area (Å²) in [5, 5.41) is 3.64. The lowest BCUT2D eigenvalue weighted by Gasteiger charge is -2.17. The van der Waals surface area contributed by atoms with E-state index in [2.05, 4.69) is 48.4 Å². The van der Waals surface area contributed by atoms with E-state index in [4.69, 9.17) is 0 Å². The molecule has 0 radical (unpaired) electrons. The minimum Gasteiger partial charge on any atom is -0.376 e. The van der Waals surface area contributed by atoms with E-state index in [1.54, 1.807) is 0 Å². The van der Waals surface area contributed by atoms with E-state index in [1.165, 1.54) is 28.1 Å². The number of aryl methyl sites for hydroxylation is 2. The topological polar surface area (TPSA) is 24.9 Å². The Morgan fingerprint density at radius 1 is 1.17 bits per heavy atom. The Bertz CT molecular complexity index is 575. The molecule has 0 bridgehead atoms. The molecule has 1 heterocycles. The molecule has 2 heteroatoms. The van der Waals surface area contributed by atoms with Crippen LogP contribution < -0.4 is 5.32 Å². The van der Waals surface area contributed by atoms with E-state index in [-0.39, 0.29) is 0 Å². The first-order chi connectivity index (χ1) is 8.75. The van der Waals surface area contributed by atoms with E-state index in [0.29, 0.717) is 6.04 Å². The summed E-state index contributed by atoms with van der Waals surface area (Å²) in [6.45, 7) is 4.33. The maximum atomic E-state index is 4.53. The highest BCUT2D eigenvalue weighted by atomic mass is 15.0. The first-order valence-corrected chi connectivity index (χ1v) is 6.52. The van der Waals surface area contributed by atoms with Gasteiger partial charge >= 0.3 is 0 Å². The van der Waals surface area contributed by atoms with Gasteiger partial charge in [-0.15, -0.1) is 0 Å². The van der Waals surface area contributed by atoms with Gasteiger partial charge in [-0.25, -0.2) is 0 Å². The summed E-state index contributed by atoms with van der Waals surface area (Å²) >= 11 is 0. The lowest BCUT2D eigenvalue weighted by Crippen LogP contribution is -2.09. The standard InChI is InChI=1S/C16H18N2/c1-11-5-3-7-14(12(11)2)18-15-9-8-13-6-4-10-17-16(13)15/h3-7,10,15,18H,8-9H2,1-2H3. The van der Waals surface area contributed by atoms with Crippen LogP contribution in [0.15, 0.2) is 36.5 Å². The van der Waals surface area contributed by atoms with E-state index < -0.39 is 0 Å². The number of nitrogens with one attached hydrogen (secondary N) is 1. The number of hydrogen-bond acceptors (Lipinski definition) is 2. The molecule has 1 aromatic heterocycles. The SMILES string of the molecule is Cc1cccc(NC2CCc3cccnc32)c1C.